The zero-order valence-electron chi connectivity index (χ0n) is 12.8. The van der Waals surface area contributed by atoms with E-state index in [2.05, 4.69) is 34.1 Å². The fourth-order valence-electron chi connectivity index (χ4n) is 2.69. The van der Waals surface area contributed by atoms with Crippen LogP contribution >= 0.6 is 0 Å². The molecule has 3 nitrogen and oxygen atoms in total. The summed E-state index contributed by atoms with van der Waals surface area (Å²) in [6.07, 6.45) is 6.38. The van der Waals surface area contributed by atoms with Gasteiger partial charge < -0.3 is 9.80 Å². The maximum absolute atomic E-state index is 12.2. The van der Waals surface area contributed by atoms with Gasteiger partial charge >= 0.3 is 0 Å². The molecule has 1 aromatic carbocycles. The number of carbonyl (C=O) groups is 1. The summed E-state index contributed by atoms with van der Waals surface area (Å²) in [6, 6.07) is 8.49. The molecule has 1 amide bonds. The van der Waals surface area contributed by atoms with Crippen LogP contribution in [0.2, 0.25) is 0 Å². The monoisotopic (exact) mass is 274 g/mol. The average molecular weight is 274 g/mol. The Balaban J connectivity index is 1.83. The number of benzene rings is 1. The molecule has 0 N–H and O–H groups in total. The Morgan fingerprint density at radius 1 is 1.05 bits per heavy atom. The van der Waals surface area contributed by atoms with Crippen LogP contribution in [-0.4, -0.2) is 38.0 Å². The third-order valence-electron chi connectivity index (χ3n) is 4.04. The van der Waals surface area contributed by atoms with E-state index in [1.54, 1.807) is 0 Å². The van der Waals surface area contributed by atoms with Crippen molar-refractivity contribution < 1.29 is 4.79 Å². The quantitative estimate of drug-likeness (QED) is 0.842. The predicted molar refractivity (Wildman–Crippen MR) is 84.1 cm³/mol. The Bertz CT molecular complexity index is 417. The highest BCUT2D eigenvalue weighted by Gasteiger charge is 2.14. The highest BCUT2D eigenvalue weighted by Crippen LogP contribution is 2.15. The molecular formula is C17H26N2O. The number of rotatable bonds is 4. The van der Waals surface area contributed by atoms with Crippen LogP contribution in [0.3, 0.4) is 0 Å². The average Bonchev–Trinajstić information content (AvgIpc) is 2.74. The summed E-state index contributed by atoms with van der Waals surface area (Å²) in [6.45, 7) is 1.91. The van der Waals surface area contributed by atoms with Crippen molar-refractivity contribution in [3.05, 3.63) is 29.8 Å². The highest BCUT2D eigenvalue weighted by atomic mass is 16.2. The minimum absolute atomic E-state index is 0.323. The molecule has 2 rings (SSSR count). The SMILES string of the molecule is CN(C)c1ccc(CCC(=O)N2CCCCCC2)cc1. The van der Waals surface area contributed by atoms with Gasteiger partial charge in [-0.25, -0.2) is 0 Å². The lowest BCUT2D eigenvalue weighted by Gasteiger charge is -2.20. The van der Waals surface area contributed by atoms with Crippen LogP contribution in [-0.2, 0) is 11.2 Å². The second-order valence-corrected chi connectivity index (χ2v) is 5.86. The molecule has 0 unspecified atom stereocenters. The number of aryl methyl sites for hydroxylation is 1. The van der Waals surface area contributed by atoms with Crippen LogP contribution in [0.15, 0.2) is 24.3 Å². The first-order valence-corrected chi connectivity index (χ1v) is 7.71. The van der Waals surface area contributed by atoms with Gasteiger partial charge in [0, 0.05) is 39.3 Å². The van der Waals surface area contributed by atoms with Gasteiger partial charge in [-0.3, -0.25) is 4.79 Å². The normalized spacial score (nSPS) is 15.8. The van der Waals surface area contributed by atoms with E-state index in [1.165, 1.54) is 36.9 Å². The summed E-state index contributed by atoms with van der Waals surface area (Å²) in [5, 5.41) is 0. The van der Waals surface area contributed by atoms with E-state index < -0.39 is 0 Å². The molecule has 0 radical (unpaired) electrons. The number of hydrogen-bond acceptors (Lipinski definition) is 2. The zero-order valence-corrected chi connectivity index (χ0v) is 12.8. The molecule has 1 fully saturated rings. The Morgan fingerprint density at radius 2 is 1.65 bits per heavy atom. The number of carbonyl (C=O) groups excluding carboxylic acids is 1. The maximum Gasteiger partial charge on any atom is 0.222 e. The van der Waals surface area contributed by atoms with Crippen molar-refractivity contribution in [2.45, 2.75) is 38.5 Å². The van der Waals surface area contributed by atoms with Crippen LogP contribution in [0.25, 0.3) is 0 Å². The van der Waals surface area contributed by atoms with E-state index in [4.69, 9.17) is 0 Å². The smallest absolute Gasteiger partial charge is 0.222 e. The number of anilines is 1. The van der Waals surface area contributed by atoms with Gasteiger partial charge in [-0.1, -0.05) is 25.0 Å². The second kappa shape index (κ2) is 7.32. The van der Waals surface area contributed by atoms with Gasteiger partial charge in [0.05, 0.1) is 0 Å². The molecule has 3 heteroatoms. The standard InChI is InChI=1S/C17H26N2O/c1-18(2)16-10-7-15(8-11-16)9-12-17(20)19-13-5-3-4-6-14-19/h7-8,10-11H,3-6,9,12-14H2,1-2H3. The Kier molecular flexibility index (Phi) is 5.45. The van der Waals surface area contributed by atoms with Gasteiger partial charge in [0.2, 0.25) is 5.91 Å². The fourth-order valence-corrected chi connectivity index (χ4v) is 2.69. The first-order valence-electron chi connectivity index (χ1n) is 7.71. The fraction of sp³-hybridized carbons (Fsp3) is 0.588. The van der Waals surface area contributed by atoms with Crippen molar-refractivity contribution >= 4 is 11.6 Å². The second-order valence-electron chi connectivity index (χ2n) is 5.86. The summed E-state index contributed by atoms with van der Waals surface area (Å²) < 4.78 is 0. The van der Waals surface area contributed by atoms with Gasteiger partial charge in [0.1, 0.15) is 0 Å². The number of nitrogens with zero attached hydrogens (tertiary/aromatic N) is 2. The summed E-state index contributed by atoms with van der Waals surface area (Å²) in [5.74, 6) is 0.323. The van der Waals surface area contributed by atoms with Crippen LogP contribution in [0, 0.1) is 0 Å². The number of likely N-dealkylation sites (tertiary alicyclic amines) is 1. The van der Waals surface area contributed by atoms with Crippen molar-refractivity contribution in [2.24, 2.45) is 0 Å². The van der Waals surface area contributed by atoms with E-state index in [-0.39, 0.29) is 0 Å². The van der Waals surface area contributed by atoms with Gasteiger partial charge in [0.25, 0.3) is 0 Å². The molecule has 0 atom stereocenters. The van der Waals surface area contributed by atoms with Crippen molar-refractivity contribution in [1.82, 2.24) is 4.90 Å². The van der Waals surface area contributed by atoms with Gasteiger partial charge in [-0.15, -0.1) is 0 Å². The highest BCUT2D eigenvalue weighted by molar-refractivity contribution is 5.76. The Morgan fingerprint density at radius 3 is 2.20 bits per heavy atom. The molecule has 110 valence electrons. The van der Waals surface area contributed by atoms with Gasteiger partial charge in [-0.2, -0.15) is 0 Å². The summed E-state index contributed by atoms with van der Waals surface area (Å²) >= 11 is 0. The minimum atomic E-state index is 0.323. The molecule has 1 aliphatic rings. The van der Waals surface area contributed by atoms with Crippen molar-refractivity contribution in [3.63, 3.8) is 0 Å². The largest absolute Gasteiger partial charge is 0.378 e. The summed E-state index contributed by atoms with van der Waals surface area (Å²) in [5.41, 5.74) is 2.45. The molecule has 1 aromatic rings. The molecule has 0 saturated carbocycles. The van der Waals surface area contributed by atoms with E-state index in [0.717, 1.165) is 19.5 Å². The molecular weight excluding hydrogens is 248 g/mol. The first-order chi connectivity index (χ1) is 9.66. The van der Waals surface area contributed by atoms with Crippen molar-refractivity contribution in [3.8, 4) is 0 Å². The lowest BCUT2D eigenvalue weighted by Crippen LogP contribution is -2.31. The van der Waals surface area contributed by atoms with Gasteiger partial charge in [-0.05, 0) is 37.0 Å². The van der Waals surface area contributed by atoms with Gasteiger partial charge in [0.15, 0.2) is 0 Å². The zero-order chi connectivity index (χ0) is 14.4. The molecule has 0 aromatic heterocycles. The first kappa shape index (κ1) is 14.9. The Labute approximate surface area is 122 Å². The third kappa shape index (κ3) is 4.26. The topological polar surface area (TPSA) is 23.6 Å². The Hall–Kier alpha value is -1.51. The van der Waals surface area contributed by atoms with Crippen LogP contribution in [0.4, 0.5) is 5.69 Å². The molecule has 20 heavy (non-hydrogen) atoms. The van der Waals surface area contributed by atoms with Crippen molar-refractivity contribution in [1.29, 1.82) is 0 Å². The number of hydrogen-bond donors (Lipinski definition) is 0. The molecule has 0 spiro atoms. The minimum Gasteiger partial charge on any atom is -0.378 e. The molecule has 0 aliphatic carbocycles. The summed E-state index contributed by atoms with van der Waals surface area (Å²) in [4.78, 5) is 16.4. The van der Waals surface area contributed by atoms with E-state index in [0.29, 0.717) is 12.3 Å². The van der Waals surface area contributed by atoms with Crippen LogP contribution in [0.1, 0.15) is 37.7 Å². The van der Waals surface area contributed by atoms with E-state index >= 15 is 0 Å². The third-order valence-corrected chi connectivity index (χ3v) is 4.04. The maximum atomic E-state index is 12.2. The number of amides is 1. The molecule has 1 saturated heterocycles. The molecule has 1 heterocycles. The van der Waals surface area contributed by atoms with Crippen molar-refractivity contribution in [2.75, 3.05) is 32.1 Å². The van der Waals surface area contributed by atoms with Crippen LogP contribution in [0.5, 0.6) is 0 Å². The summed E-state index contributed by atoms with van der Waals surface area (Å²) in [7, 11) is 4.08. The van der Waals surface area contributed by atoms with Crippen LogP contribution < -0.4 is 4.90 Å². The molecule has 1 aliphatic heterocycles. The molecule has 0 bridgehead atoms. The lowest BCUT2D eigenvalue weighted by molar-refractivity contribution is -0.131. The predicted octanol–water partition coefficient (Wildman–Crippen LogP) is 3.09. The lowest BCUT2D eigenvalue weighted by atomic mass is 10.1. The van der Waals surface area contributed by atoms with E-state index in [9.17, 15) is 4.79 Å². The van der Waals surface area contributed by atoms with E-state index in [1.807, 2.05) is 14.1 Å².